The lowest BCUT2D eigenvalue weighted by atomic mass is 10.2. The zero-order valence-electron chi connectivity index (χ0n) is 17.3. The highest BCUT2D eigenvalue weighted by Gasteiger charge is 2.18. The first-order valence-electron chi connectivity index (χ1n) is 9.54. The van der Waals surface area contributed by atoms with Crippen molar-refractivity contribution in [1.29, 1.82) is 0 Å². The van der Waals surface area contributed by atoms with Crippen LogP contribution >= 0.6 is 11.3 Å². The number of para-hydroxylation sites is 2. The van der Waals surface area contributed by atoms with Crippen LogP contribution in [-0.4, -0.2) is 46.5 Å². The molecule has 1 aromatic heterocycles. The van der Waals surface area contributed by atoms with Crippen molar-refractivity contribution in [3.63, 3.8) is 0 Å². The molecule has 0 atom stereocenters. The number of carbonyl (C=O) groups excluding carboxylic acids is 1. The molecule has 0 aliphatic heterocycles. The summed E-state index contributed by atoms with van der Waals surface area (Å²) in [4.78, 5) is 15.2. The van der Waals surface area contributed by atoms with Crippen molar-refractivity contribution in [3.05, 3.63) is 76.5 Å². The standard InChI is InChI=1S/C22H24N2O5S2/c1-24(12-13-29-21-11-4-3-10-20(21)28-2)22(25)17-7-5-9-19(15-17)31(26,27)23-16-18-8-6-14-30-18/h3-11,14-15,23H,12-13,16H2,1-2H3. The van der Waals surface area contributed by atoms with E-state index >= 15 is 0 Å². The molecule has 1 amide bonds. The Hall–Kier alpha value is -2.88. The second-order valence-electron chi connectivity index (χ2n) is 6.66. The van der Waals surface area contributed by atoms with E-state index in [2.05, 4.69) is 4.72 Å². The zero-order valence-corrected chi connectivity index (χ0v) is 18.9. The molecule has 3 rings (SSSR count). The van der Waals surface area contributed by atoms with Crippen LogP contribution < -0.4 is 14.2 Å². The number of hydrogen-bond donors (Lipinski definition) is 1. The topological polar surface area (TPSA) is 84.9 Å². The molecule has 0 aliphatic carbocycles. The lowest BCUT2D eigenvalue weighted by molar-refractivity contribution is 0.0773. The van der Waals surface area contributed by atoms with Crippen LogP contribution in [0.3, 0.4) is 0 Å². The summed E-state index contributed by atoms with van der Waals surface area (Å²) in [6.07, 6.45) is 0. The fraction of sp³-hybridized carbons (Fsp3) is 0.227. The van der Waals surface area contributed by atoms with Crippen molar-refractivity contribution >= 4 is 27.3 Å². The molecule has 0 radical (unpaired) electrons. The molecule has 0 spiro atoms. The Morgan fingerprint density at radius 3 is 2.55 bits per heavy atom. The van der Waals surface area contributed by atoms with E-state index in [1.807, 2.05) is 29.6 Å². The number of benzene rings is 2. The number of amides is 1. The second kappa shape index (κ2) is 10.4. The van der Waals surface area contributed by atoms with Crippen LogP contribution in [0.25, 0.3) is 0 Å². The predicted octanol–water partition coefficient (Wildman–Crippen LogP) is 3.39. The Labute approximate surface area is 186 Å². The van der Waals surface area contributed by atoms with Crippen molar-refractivity contribution in [3.8, 4) is 11.5 Å². The summed E-state index contributed by atoms with van der Waals surface area (Å²) < 4.78 is 38.7. The maximum Gasteiger partial charge on any atom is 0.253 e. The van der Waals surface area contributed by atoms with Crippen LogP contribution in [0.15, 0.2) is 70.9 Å². The third-order valence-corrected chi connectivity index (χ3v) is 6.78. The number of sulfonamides is 1. The summed E-state index contributed by atoms with van der Waals surface area (Å²) in [7, 11) is -0.525. The number of hydrogen-bond acceptors (Lipinski definition) is 6. The molecule has 0 fully saturated rings. The van der Waals surface area contributed by atoms with Gasteiger partial charge in [0.2, 0.25) is 10.0 Å². The third kappa shape index (κ3) is 6.06. The van der Waals surface area contributed by atoms with Gasteiger partial charge >= 0.3 is 0 Å². The molecule has 0 saturated heterocycles. The van der Waals surface area contributed by atoms with Crippen molar-refractivity contribution < 1.29 is 22.7 Å². The smallest absolute Gasteiger partial charge is 0.253 e. The van der Waals surface area contributed by atoms with E-state index < -0.39 is 10.0 Å². The minimum atomic E-state index is -3.73. The molecule has 164 valence electrons. The van der Waals surface area contributed by atoms with Gasteiger partial charge in [-0.15, -0.1) is 11.3 Å². The van der Waals surface area contributed by atoms with Crippen LogP contribution in [0, 0.1) is 0 Å². The molecule has 2 aromatic carbocycles. The van der Waals surface area contributed by atoms with Crippen molar-refractivity contribution in [1.82, 2.24) is 9.62 Å². The minimum Gasteiger partial charge on any atom is -0.493 e. The molecule has 1 N–H and O–H groups in total. The molecular weight excluding hydrogens is 436 g/mol. The molecule has 31 heavy (non-hydrogen) atoms. The molecule has 7 nitrogen and oxygen atoms in total. The lowest BCUT2D eigenvalue weighted by Gasteiger charge is -2.18. The number of likely N-dealkylation sites (N-methyl/N-ethyl adjacent to an activating group) is 1. The maximum atomic E-state index is 12.8. The first kappa shape index (κ1) is 22.8. The number of nitrogens with zero attached hydrogens (tertiary/aromatic N) is 1. The van der Waals surface area contributed by atoms with Crippen LogP contribution in [-0.2, 0) is 16.6 Å². The molecular formula is C22H24N2O5S2. The van der Waals surface area contributed by atoms with Crippen molar-refractivity contribution in [2.24, 2.45) is 0 Å². The van der Waals surface area contributed by atoms with Crippen molar-refractivity contribution in [2.45, 2.75) is 11.4 Å². The second-order valence-corrected chi connectivity index (χ2v) is 9.46. The van der Waals surface area contributed by atoms with E-state index in [-0.39, 0.29) is 24.0 Å². The van der Waals surface area contributed by atoms with Crippen LogP contribution in [0.1, 0.15) is 15.2 Å². The van der Waals surface area contributed by atoms with Crippen molar-refractivity contribution in [2.75, 3.05) is 27.3 Å². The summed E-state index contributed by atoms with van der Waals surface area (Å²) in [6, 6.07) is 17.0. The summed E-state index contributed by atoms with van der Waals surface area (Å²) in [6.45, 7) is 0.797. The summed E-state index contributed by atoms with van der Waals surface area (Å²) >= 11 is 1.47. The summed E-state index contributed by atoms with van der Waals surface area (Å²) in [5.74, 6) is 0.916. The Bertz CT molecular complexity index is 1110. The highest BCUT2D eigenvalue weighted by Crippen LogP contribution is 2.25. The lowest BCUT2D eigenvalue weighted by Crippen LogP contribution is -2.31. The molecule has 3 aromatic rings. The van der Waals surface area contributed by atoms with E-state index in [9.17, 15) is 13.2 Å². The molecule has 0 aliphatic rings. The summed E-state index contributed by atoms with van der Waals surface area (Å²) in [5, 5.41) is 1.89. The first-order chi connectivity index (χ1) is 14.9. The first-order valence-corrected chi connectivity index (χ1v) is 11.9. The van der Waals surface area contributed by atoms with Crippen LogP contribution in [0.2, 0.25) is 0 Å². The van der Waals surface area contributed by atoms with Gasteiger partial charge in [0.25, 0.3) is 5.91 Å². The third-order valence-electron chi connectivity index (χ3n) is 4.51. The van der Waals surface area contributed by atoms with Gasteiger partial charge in [0, 0.05) is 24.0 Å². The van der Waals surface area contributed by atoms with Crippen LogP contribution in [0.5, 0.6) is 11.5 Å². The number of thiophene rings is 1. The van der Waals surface area contributed by atoms with Gasteiger partial charge in [0.15, 0.2) is 11.5 Å². The van der Waals surface area contributed by atoms with Gasteiger partial charge in [-0.25, -0.2) is 13.1 Å². The van der Waals surface area contributed by atoms with Gasteiger partial charge in [-0.05, 0) is 41.8 Å². The average Bonchev–Trinajstić information content (AvgIpc) is 3.31. The minimum absolute atomic E-state index is 0.0496. The molecule has 0 unspecified atom stereocenters. The molecule has 0 saturated carbocycles. The van der Waals surface area contributed by atoms with Gasteiger partial charge in [-0.1, -0.05) is 24.3 Å². The monoisotopic (exact) mass is 460 g/mol. The zero-order chi connectivity index (χ0) is 22.3. The summed E-state index contributed by atoms with van der Waals surface area (Å²) in [5.41, 5.74) is 0.291. The number of methoxy groups -OCH3 is 1. The van der Waals surface area contributed by atoms with E-state index in [1.54, 1.807) is 38.4 Å². The van der Waals surface area contributed by atoms with E-state index in [0.29, 0.717) is 23.6 Å². The fourth-order valence-electron chi connectivity index (χ4n) is 2.81. The number of nitrogens with one attached hydrogen (secondary N) is 1. The van der Waals surface area contributed by atoms with E-state index in [1.165, 1.54) is 28.4 Å². The van der Waals surface area contributed by atoms with Gasteiger partial charge < -0.3 is 14.4 Å². The predicted molar refractivity (Wildman–Crippen MR) is 120 cm³/mol. The average molecular weight is 461 g/mol. The largest absolute Gasteiger partial charge is 0.493 e. The number of ether oxygens (including phenoxy) is 2. The fourth-order valence-corrected chi connectivity index (χ4v) is 4.60. The Balaban J connectivity index is 1.60. The highest BCUT2D eigenvalue weighted by atomic mass is 32.2. The van der Waals surface area contributed by atoms with Gasteiger partial charge in [-0.2, -0.15) is 0 Å². The van der Waals surface area contributed by atoms with E-state index in [0.717, 1.165) is 4.88 Å². The molecule has 1 heterocycles. The van der Waals surface area contributed by atoms with E-state index in [4.69, 9.17) is 9.47 Å². The molecule has 9 heteroatoms. The quantitative estimate of drug-likeness (QED) is 0.501. The maximum absolute atomic E-state index is 12.8. The number of rotatable bonds is 10. The van der Waals surface area contributed by atoms with Gasteiger partial charge in [0.1, 0.15) is 6.61 Å². The Morgan fingerprint density at radius 1 is 1.06 bits per heavy atom. The van der Waals surface area contributed by atoms with Gasteiger partial charge in [0.05, 0.1) is 18.6 Å². The highest BCUT2D eigenvalue weighted by molar-refractivity contribution is 7.89. The normalized spacial score (nSPS) is 11.2. The van der Waals surface area contributed by atoms with Gasteiger partial charge in [-0.3, -0.25) is 4.79 Å². The van der Waals surface area contributed by atoms with Crippen LogP contribution in [0.4, 0.5) is 0 Å². The SMILES string of the molecule is COc1ccccc1OCCN(C)C(=O)c1cccc(S(=O)(=O)NCc2cccs2)c1. The Kier molecular flexibility index (Phi) is 7.67. The number of carbonyl (C=O) groups is 1. The molecule has 0 bridgehead atoms. The Morgan fingerprint density at radius 2 is 1.84 bits per heavy atom.